The van der Waals surface area contributed by atoms with Gasteiger partial charge in [0.15, 0.2) is 11.5 Å². The number of anilines is 1. The Morgan fingerprint density at radius 2 is 2.08 bits per heavy atom. The molecule has 1 saturated heterocycles. The number of hydrogen-bond acceptors (Lipinski definition) is 4. The average Bonchev–Trinajstić information content (AvgIpc) is 3.33. The van der Waals surface area contributed by atoms with Gasteiger partial charge in [0.1, 0.15) is 5.52 Å². The molecule has 0 spiro atoms. The molecule has 1 aromatic heterocycles. The number of likely N-dealkylation sites (tertiary alicyclic amines) is 1. The minimum atomic E-state index is -0.492. The van der Waals surface area contributed by atoms with Crippen molar-refractivity contribution in [3.05, 3.63) is 24.1 Å². The van der Waals surface area contributed by atoms with Crippen LogP contribution >= 0.6 is 0 Å². The summed E-state index contributed by atoms with van der Waals surface area (Å²) in [6.07, 6.45) is 2.60. The minimum absolute atomic E-state index is 0.0409. The van der Waals surface area contributed by atoms with E-state index in [-0.39, 0.29) is 17.4 Å². The zero-order chi connectivity index (χ0) is 18.5. The van der Waals surface area contributed by atoms with E-state index in [1.165, 1.54) is 0 Å². The van der Waals surface area contributed by atoms with E-state index in [4.69, 9.17) is 4.42 Å². The van der Waals surface area contributed by atoms with E-state index in [2.05, 4.69) is 31.1 Å². The van der Waals surface area contributed by atoms with Crippen molar-refractivity contribution in [2.45, 2.75) is 52.1 Å². The number of carbonyl (C=O) groups excluding carboxylic acids is 1. The number of aliphatic hydroxyl groups is 1. The highest BCUT2D eigenvalue weighted by molar-refractivity contribution is 5.91. The fraction of sp³-hybridized carbons (Fsp3) is 0.600. The summed E-state index contributed by atoms with van der Waals surface area (Å²) < 4.78 is 5.76. The second-order valence-electron chi connectivity index (χ2n) is 8.71. The number of urea groups is 1. The number of benzene rings is 1. The van der Waals surface area contributed by atoms with Gasteiger partial charge in [-0.25, -0.2) is 9.78 Å². The van der Waals surface area contributed by atoms with E-state index in [0.29, 0.717) is 24.7 Å². The lowest BCUT2D eigenvalue weighted by Gasteiger charge is -2.42. The molecule has 0 radical (unpaired) electrons. The lowest BCUT2D eigenvalue weighted by molar-refractivity contribution is -0.0107. The largest absolute Gasteiger partial charge is 0.440 e. The third kappa shape index (κ3) is 3.43. The van der Waals surface area contributed by atoms with Crippen LogP contribution in [0.5, 0.6) is 0 Å². The third-order valence-electron chi connectivity index (χ3n) is 5.56. The van der Waals surface area contributed by atoms with Gasteiger partial charge in [0, 0.05) is 24.7 Å². The molecule has 26 heavy (non-hydrogen) atoms. The highest BCUT2D eigenvalue weighted by Gasteiger charge is 2.37. The Morgan fingerprint density at radius 1 is 1.31 bits per heavy atom. The summed E-state index contributed by atoms with van der Waals surface area (Å²) in [4.78, 5) is 18.8. The molecule has 1 aliphatic carbocycles. The Bertz CT molecular complexity index is 819. The summed E-state index contributed by atoms with van der Waals surface area (Å²) in [5.41, 5.74) is 2.27. The van der Waals surface area contributed by atoms with Gasteiger partial charge in [-0.3, -0.25) is 0 Å². The van der Waals surface area contributed by atoms with E-state index in [9.17, 15) is 9.90 Å². The Hall–Kier alpha value is -2.08. The Morgan fingerprint density at radius 3 is 2.73 bits per heavy atom. The molecule has 0 bridgehead atoms. The van der Waals surface area contributed by atoms with Gasteiger partial charge in [-0.15, -0.1) is 0 Å². The lowest BCUT2D eigenvalue weighted by atomic mass is 9.74. The van der Waals surface area contributed by atoms with E-state index < -0.39 is 6.10 Å². The first-order valence-corrected chi connectivity index (χ1v) is 9.46. The number of rotatable bonds is 2. The topological polar surface area (TPSA) is 78.6 Å². The van der Waals surface area contributed by atoms with Gasteiger partial charge in [-0.2, -0.15) is 0 Å². The van der Waals surface area contributed by atoms with Crippen LogP contribution in [0, 0.1) is 11.3 Å². The molecule has 2 unspecified atom stereocenters. The molecule has 1 aliphatic heterocycles. The van der Waals surface area contributed by atoms with Crippen LogP contribution in [0.1, 0.15) is 51.8 Å². The number of aliphatic hydroxyl groups excluding tert-OH is 1. The molecular weight excluding hydrogens is 330 g/mol. The van der Waals surface area contributed by atoms with Crippen LogP contribution in [0.2, 0.25) is 0 Å². The number of amides is 2. The van der Waals surface area contributed by atoms with Crippen LogP contribution < -0.4 is 5.32 Å². The Labute approximate surface area is 153 Å². The number of carbonyl (C=O) groups is 1. The van der Waals surface area contributed by atoms with Crippen LogP contribution in [-0.2, 0) is 0 Å². The number of fused-ring (bicyclic) bond motifs is 1. The molecule has 4 rings (SSSR count). The molecule has 2 N–H and O–H groups in total. The van der Waals surface area contributed by atoms with Crippen molar-refractivity contribution >= 4 is 22.8 Å². The van der Waals surface area contributed by atoms with E-state index in [1.54, 1.807) is 4.90 Å². The Balaban J connectivity index is 1.42. The second-order valence-corrected chi connectivity index (χ2v) is 8.71. The van der Waals surface area contributed by atoms with Gasteiger partial charge in [0.05, 0.1) is 6.10 Å². The molecule has 1 aromatic carbocycles. The van der Waals surface area contributed by atoms with Gasteiger partial charge in [0.25, 0.3) is 0 Å². The van der Waals surface area contributed by atoms with Crippen molar-refractivity contribution in [3.63, 3.8) is 0 Å². The van der Waals surface area contributed by atoms with Gasteiger partial charge < -0.3 is 19.7 Å². The summed E-state index contributed by atoms with van der Waals surface area (Å²) in [5, 5.41) is 13.4. The van der Waals surface area contributed by atoms with Crippen LogP contribution in [0.25, 0.3) is 11.1 Å². The monoisotopic (exact) mass is 357 g/mol. The van der Waals surface area contributed by atoms with Gasteiger partial charge >= 0.3 is 6.03 Å². The van der Waals surface area contributed by atoms with E-state index in [0.717, 1.165) is 36.3 Å². The highest BCUT2D eigenvalue weighted by Crippen LogP contribution is 2.40. The first-order chi connectivity index (χ1) is 12.3. The number of nitrogens with zero attached hydrogens (tertiary/aromatic N) is 2. The number of aromatic nitrogens is 1. The first-order valence-electron chi connectivity index (χ1n) is 9.46. The molecule has 2 aliphatic rings. The van der Waals surface area contributed by atoms with E-state index in [1.807, 2.05) is 18.2 Å². The maximum absolute atomic E-state index is 12.6. The molecule has 2 atom stereocenters. The zero-order valence-corrected chi connectivity index (χ0v) is 15.7. The lowest BCUT2D eigenvalue weighted by Crippen LogP contribution is -2.51. The number of nitrogens with one attached hydrogen (secondary N) is 1. The van der Waals surface area contributed by atoms with Crippen LogP contribution in [-0.4, -0.2) is 40.2 Å². The number of oxazole rings is 1. The fourth-order valence-electron chi connectivity index (χ4n) is 3.86. The summed E-state index contributed by atoms with van der Waals surface area (Å²) in [6, 6.07) is 5.35. The number of hydrogen-bond donors (Lipinski definition) is 2. The second kappa shape index (κ2) is 6.27. The third-order valence-corrected chi connectivity index (χ3v) is 5.56. The molecule has 140 valence electrons. The summed E-state index contributed by atoms with van der Waals surface area (Å²) >= 11 is 0. The summed E-state index contributed by atoms with van der Waals surface area (Å²) in [5.74, 6) is 1.47. The van der Waals surface area contributed by atoms with Crippen molar-refractivity contribution in [1.29, 1.82) is 0 Å². The molecule has 1 saturated carbocycles. The number of β-amino-alcohol motifs (C(OH)–C–C–N with tert-alkyl or cyclic N) is 1. The van der Waals surface area contributed by atoms with Crippen LogP contribution in [0.15, 0.2) is 22.6 Å². The smallest absolute Gasteiger partial charge is 0.321 e. The van der Waals surface area contributed by atoms with Crippen LogP contribution in [0.4, 0.5) is 10.5 Å². The van der Waals surface area contributed by atoms with Gasteiger partial charge in [0.2, 0.25) is 0 Å². The van der Waals surface area contributed by atoms with Crippen molar-refractivity contribution < 1.29 is 14.3 Å². The van der Waals surface area contributed by atoms with Gasteiger partial charge in [-0.05, 0) is 48.8 Å². The molecular formula is C20H27N3O3. The molecule has 2 fully saturated rings. The van der Waals surface area contributed by atoms with Crippen LogP contribution in [0.3, 0.4) is 0 Å². The maximum atomic E-state index is 12.6. The van der Waals surface area contributed by atoms with Gasteiger partial charge in [-0.1, -0.05) is 20.8 Å². The van der Waals surface area contributed by atoms with Crippen molar-refractivity contribution in [1.82, 2.24) is 9.88 Å². The average molecular weight is 357 g/mol. The minimum Gasteiger partial charge on any atom is -0.440 e. The summed E-state index contributed by atoms with van der Waals surface area (Å²) in [6.45, 7) is 7.44. The molecule has 6 nitrogen and oxygen atoms in total. The van der Waals surface area contributed by atoms with Crippen molar-refractivity contribution in [2.24, 2.45) is 11.3 Å². The standard InChI is InChI=1S/C20H27N3O3/c1-20(2,3)14-8-9-23(11-16(14)24)19(25)21-13-6-7-17-15(10-13)22-18(26-17)12-4-5-12/h6-7,10,12,14,16,24H,4-5,8-9,11H2,1-3H3,(H,21,25). The normalized spacial score (nSPS) is 24.1. The molecule has 6 heteroatoms. The molecule has 2 amide bonds. The molecule has 2 heterocycles. The predicted molar refractivity (Wildman–Crippen MR) is 100 cm³/mol. The Kier molecular flexibility index (Phi) is 4.18. The number of piperidine rings is 1. The van der Waals surface area contributed by atoms with Crippen molar-refractivity contribution in [2.75, 3.05) is 18.4 Å². The fourth-order valence-corrected chi connectivity index (χ4v) is 3.86. The molecule has 2 aromatic rings. The predicted octanol–water partition coefficient (Wildman–Crippen LogP) is 3.97. The van der Waals surface area contributed by atoms with Crippen molar-refractivity contribution in [3.8, 4) is 0 Å². The van der Waals surface area contributed by atoms with E-state index >= 15 is 0 Å². The SMILES string of the molecule is CC(C)(C)C1CCN(C(=O)Nc2ccc3oc(C4CC4)nc3c2)CC1O. The zero-order valence-electron chi connectivity index (χ0n) is 15.7. The highest BCUT2D eigenvalue weighted by atomic mass is 16.3. The summed E-state index contributed by atoms with van der Waals surface area (Å²) in [7, 11) is 0. The maximum Gasteiger partial charge on any atom is 0.321 e. The first kappa shape index (κ1) is 17.3. The quantitative estimate of drug-likeness (QED) is 0.852.